The molecule has 0 aliphatic heterocycles. The third-order valence-corrected chi connectivity index (χ3v) is 2.41. The summed E-state index contributed by atoms with van der Waals surface area (Å²) in [7, 11) is 1.39. The Morgan fingerprint density at radius 2 is 1.90 bits per heavy atom. The number of hydrogen-bond acceptors (Lipinski definition) is 6. The highest BCUT2D eigenvalue weighted by Crippen LogP contribution is 2.24. The van der Waals surface area contributed by atoms with Gasteiger partial charge in [-0.15, -0.1) is 4.98 Å². The molecule has 0 atom stereocenters. The molecular formula is C13H14F2N4O2. The minimum atomic E-state index is -0.850. The van der Waals surface area contributed by atoms with Gasteiger partial charge in [0.15, 0.2) is 11.6 Å². The molecule has 0 aliphatic carbocycles. The summed E-state index contributed by atoms with van der Waals surface area (Å²) >= 11 is 0. The van der Waals surface area contributed by atoms with Gasteiger partial charge in [-0.25, -0.2) is 8.78 Å². The number of methoxy groups -OCH3 is 1. The van der Waals surface area contributed by atoms with Gasteiger partial charge in [0.25, 0.3) is 0 Å². The zero-order valence-corrected chi connectivity index (χ0v) is 11.6. The molecule has 0 fully saturated rings. The molecule has 0 saturated carbocycles. The van der Waals surface area contributed by atoms with Gasteiger partial charge in [0, 0.05) is 12.6 Å². The number of nitrogens with one attached hydrogen (secondary N) is 1. The molecule has 0 saturated heterocycles. The molecule has 1 aromatic heterocycles. The number of aromatic nitrogens is 3. The molecule has 1 aromatic carbocycles. The number of hydrogen-bond donors (Lipinski definition) is 1. The molecule has 1 N–H and O–H groups in total. The third kappa shape index (κ3) is 3.98. The lowest BCUT2D eigenvalue weighted by Gasteiger charge is -2.08. The fourth-order valence-electron chi connectivity index (χ4n) is 1.45. The average molecular weight is 296 g/mol. The smallest absolute Gasteiger partial charge is 0.330 e. The lowest BCUT2D eigenvalue weighted by Crippen LogP contribution is -2.07. The van der Waals surface area contributed by atoms with Crippen molar-refractivity contribution in [1.82, 2.24) is 15.0 Å². The minimum absolute atomic E-state index is 0.0288. The summed E-state index contributed by atoms with van der Waals surface area (Å²) in [5, 5.41) is 2.94. The number of ether oxygens (including phenoxy) is 2. The van der Waals surface area contributed by atoms with Gasteiger partial charge in [0.1, 0.15) is 5.82 Å². The van der Waals surface area contributed by atoms with Crippen LogP contribution in [-0.4, -0.2) is 28.6 Å². The average Bonchev–Trinajstić information content (AvgIpc) is 2.48. The Morgan fingerprint density at radius 3 is 2.57 bits per heavy atom. The first-order valence-electron chi connectivity index (χ1n) is 6.29. The Kier molecular flexibility index (Phi) is 4.81. The van der Waals surface area contributed by atoms with E-state index in [2.05, 4.69) is 20.3 Å². The number of rotatable bonds is 6. The van der Waals surface area contributed by atoms with Crippen LogP contribution < -0.4 is 14.8 Å². The Labute approximate surface area is 120 Å². The van der Waals surface area contributed by atoms with Crippen LogP contribution in [0.3, 0.4) is 0 Å². The normalized spacial score (nSPS) is 10.3. The van der Waals surface area contributed by atoms with Crippen molar-refractivity contribution in [3.05, 3.63) is 29.8 Å². The van der Waals surface area contributed by atoms with Crippen molar-refractivity contribution in [2.75, 3.05) is 19.0 Å². The summed E-state index contributed by atoms with van der Waals surface area (Å²) in [5.41, 5.74) is 0. The molecule has 21 heavy (non-hydrogen) atoms. The van der Waals surface area contributed by atoms with E-state index in [9.17, 15) is 8.78 Å². The molecular weight excluding hydrogens is 282 g/mol. The molecule has 8 heteroatoms. The predicted molar refractivity (Wildman–Crippen MR) is 71.6 cm³/mol. The van der Waals surface area contributed by atoms with Gasteiger partial charge < -0.3 is 14.8 Å². The number of benzene rings is 1. The molecule has 0 radical (unpaired) electrons. The van der Waals surface area contributed by atoms with Crippen molar-refractivity contribution < 1.29 is 18.3 Å². The molecule has 0 amide bonds. The van der Waals surface area contributed by atoms with Gasteiger partial charge in [-0.2, -0.15) is 9.97 Å². The van der Waals surface area contributed by atoms with Crippen LogP contribution in [0.15, 0.2) is 18.2 Å². The topological polar surface area (TPSA) is 69.2 Å². The molecule has 0 bridgehead atoms. The number of halogens is 2. The molecule has 2 aromatic rings. The zero-order chi connectivity index (χ0) is 15.2. The minimum Gasteiger partial charge on any atom is -0.467 e. The maximum Gasteiger partial charge on any atom is 0.330 e. The van der Waals surface area contributed by atoms with E-state index in [0.717, 1.165) is 18.6 Å². The highest BCUT2D eigenvalue weighted by atomic mass is 19.1. The van der Waals surface area contributed by atoms with Gasteiger partial charge in [-0.3, -0.25) is 0 Å². The SMILES string of the molecule is CCCNc1nc(OC)nc(Oc2ccc(F)cc2F)n1. The van der Waals surface area contributed by atoms with Gasteiger partial charge in [0.05, 0.1) is 7.11 Å². The second-order valence-electron chi connectivity index (χ2n) is 4.03. The fourth-order valence-corrected chi connectivity index (χ4v) is 1.45. The van der Waals surface area contributed by atoms with Crippen molar-refractivity contribution >= 4 is 5.95 Å². The third-order valence-electron chi connectivity index (χ3n) is 2.41. The van der Waals surface area contributed by atoms with Crippen LogP contribution in [-0.2, 0) is 0 Å². The van der Waals surface area contributed by atoms with Gasteiger partial charge in [0.2, 0.25) is 5.95 Å². The fraction of sp³-hybridized carbons (Fsp3) is 0.308. The number of nitrogens with zero attached hydrogens (tertiary/aromatic N) is 3. The molecule has 2 rings (SSSR count). The van der Waals surface area contributed by atoms with E-state index in [0.29, 0.717) is 12.6 Å². The summed E-state index contributed by atoms with van der Waals surface area (Å²) in [5.74, 6) is -1.48. The molecule has 112 valence electrons. The summed E-state index contributed by atoms with van der Waals surface area (Å²) in [6.45, 7) is 2.63. The molecule has 6 nitrogen and oxygen atoms in total. The van der Waals surface area contributed by atoms with Crippen LogP contribution >= 0.6 is 0 Å². The first kappa shape index (κ1) is 14.9. The Balaban J connectivity index is 2.25. The number of anilines is 1. The molecule has 1 heterocycles. The highest BCUT2D eigenvalue weighted by Gasteiger charge is 2.12. The maximum atomic E-state index is 13.5. The van der Waals surface area contributed by atoms with Crippen molar-refractivity contribution in [1.29, 1.82) is 0 Å². The quantitative estimate of drug-likeness (QED) is 0.884. The Bertz CT molecular complexity index is 625. The van der Waals surface area contributed by atoms with E-state index in [4.69, 9.17) is 9.47 Å². The summed E-state index contributed by atoms with van der Waals surface area (Å²) < 4.78 is 36.5. The van der Waals surface area contributed by atoms with Crippen LogP contribution in [0.25, 0.3) is 0 Å². The van der Waals surface area contributed by atoms with E-state index >= 15 is 0 Å². The first-order valence-corrected chi connectivity index (χ1v) is 6.29. The molecule has 0 spiro atoms. The maximum absolute atomic E-state index is 13.5. The van der Waals surface area contributed by atoms with Crippen molar-refractivity contribution in [3.8, 4) is 17.8 Å². The summed E-state index contributed by atoms with van der Waals surface area (Å²) in [6.07, 6.45) is 0.872. The van der Waals surface area contributed by atoms with Crippen molar-refractivity contribution in [2.45, 2.75) is 13.3 Å². The van der Waals surface area contributed by atoms with Gasteiger partial charge in [-0.05, 0) is 18.6 Å². The zero-order valence-electron chi connectivity index (χ0n) is 11.6. The van der Waals surface area contributed by atoms with E-state index < -0.39 is 11.6 Å². The monoisotopic (exact) mass is 296 g/mol. The second kappa shape index (κ2) is 6.78. The summed E-state index contributed by atoms with van der Waals surface area (Å²) in [6, 6.07) is 2.82. The second-order valence-corrected chi connectivity index (χ2v) is 4.03. The van der Waals surface area contributed by atoms with E-state index in [1.54, 1.807) is 0 Å². The van der Waals surface area contributed by atoms with Crippen molar-refractivity contribution in [2.24, 2.45) is 0 Å². The van der Waals surface area contributed by atoms with Gasteiger partial charge in [-0.1, -0.05) is 6.92 Å². The summed E-state index contributed by atoms with van der Waals surface area (Å²) in [4.78, 5) is 11.8. The van der Waals surface area contributed by atoms with Crippen LogP contribution in [0.5, 0.6) is 17.8 Å². The Morgan fingerprint density at radius 1 is 1.14 bits per heavy atom. The van der Waals surface area contributed by atoms with Crippen LogP contribution in [0.2, 0.25) is 0 Å². The highest BCUT2D eigenvalue weighted by molar-refractivity contribution is 5.31. The first-order chi connectivity index (χ1) is 10.1. The van der Waals surface area contributed by atoms with Crippen LogP contribution in [0.1, 0.15) is 13.3 Å². The van der Waals surface area contributed by atoms with Crippen LogP contribution in [0.4, 0.5) is 14.7 Å². The lowest BCUT2D eigenvalue weighted by molar-refractivity contribution is 0.354. The molecule has 0 unspecified atom stereocenters. The van der Waals surface area contributed by atoms with Crippen LogP contribution in [0, 0.1) is 11.6 Å². The van der Waals surface area contributed by atoms with E-state index in [1.165, 1.54) is 7.11 Å². The van der Waals surface area contributed by atoms with Gasteiger partial charge >= 0.3 is 12.0 Å². The van der Waals surface area contributed by atoms with E-state index in [-0.39, 0.29) is 23.7 Å². The van der Waals surface area contributed by atoms with E-state index in [1.807, 2.05) is 6.92 Å². The largest absolute Gasteiger partial charge is 0.467 e. The predicted octanol–water partition coefficient (Wildman–Crippen LogP) is 2.77. The Hall–Kier alpha value is -2.51. The standard InChI is InChI=1S/C13H14F2N4O2/c1-3-6-16-11-17-12(20-2)19-13(18-11)21-10-5-4-8(14)7-9(10)15/h4-5,7H,3,6H2,1-2H3,(H,16,17,18,19). The molecule has 0 aliphatic rings. The lowest BCUT2D eigenvalue weighted by atomic mass is 10.3. The van der Waals surface area contributed by atoms with Crippen molar-refractivity contribution in [3.63, 3.8) is 0 Å².